The maximum atomic E-state index is 13.2. The molecule has 230 valence electrons. The van der Waals surface area contributed by atoms with Crippen LogP contribution in [0.25, 0.3) is 0 Å². The zero-order valence-electron chi connectivity index (χ0n) is 23.4. The van der Waals surface area contributed by atoms with Crippen LogP contribution in [0.4, 0.5) is 24.5 Å². The quantitative estimate of drug-likeness (QED) is 0.108. The Morgan fingerprint density at radius 2 is 1.53 bits per heavy atom. The van der Waals surface area contributed by atoms with Gasteiger partial charge in [0, 0.05) is 12.1 Å². The summed E-state index contributed by atoms with van der Waals surface area (Å²) >= 11 is 0. The summed E-state index contributed by atoms with van der Waals surface area (Å²) in [5, 5.41) is 12.9. The smallest absolute Gasteiger partial charge is 0.489 e. The van der Waals surface area contributed by atoms with E-state index in [9.17, 15) is 22.8 Å². The Bertz CT molecular complexity index is 1350. The van der Waals surface area contributed by atoms with E-state index in [1.165, 1.54) is 0 Å². The van der Waals surface area contributed by atoms with E-state index in [1.54, 1.807) is 48.5 Å². The fourth-order valence-corrected chi connectivity index (χ4v) is 3.55. The van der Waals surface area contributed by atoms with E-state index < -0.39 is 18.2 Å². The topological polar surface area (TPSA) is 169 Å². The summed E-state index contributed by atoms with van der Waals surface area (Å²) in [7, 11) is 0. The lowest BCUT2D eigenvalue weighted by molar-refractivity contribution is -0.192. The summed E-state index contributed by atoms with van der Waals surface area (Å²) in [6.07, 6.45) is -1.98. The molecule has 0 aliphatic rings. The summed E-state index contributed by atoms with van der Waals surface area (Å²) in [6, 6.07) is 22.9. The molecule has 7 N–H and O–H groups in total. The number of carbonyl (C=O) groups excluding carboxylic acids is 2. The molecule has 0 aliphatic carbocycles. The standard InChI is InChI=1S/C28H33N5O3.C2HF3O2/c1-2-3-5-10-25(34)33-26(27(35)31-22-13-15-23(16-14-22)32-28(29)30)21-11-17-24(18-12-21)36-19-20-8-6-4-7-9-20;3-2(4,5)1(6)7/h4,6-9,11-18,26H,2-3,5,10,19H2,1H3,(H,31,35)(H,33,34)(H4,29,30,32);(H,6,7)/t26-;/m0./s1. The highest BCUT2D eigenvalue weighted by atomic mass is 19.4. The van der Waals surface area contributed by atoms with Gasteiger partial charge in [-0.15, -0.1) is 0 Å². The third-order valence-corrected chi connectivity index (χ3v) is 5.67. The largest absolute Gasteiger partial charge is 0.490 e. The van der Waals surface area contributed by atoms with Crippen LogP contribution in [0.2, 0.25) is 0 Å². The first-order valence-electron chi connectivity index (χ1n) is 13.3. The van der Waals surface area contributed by atoms with Crippen LogP contribution in [0.3, 0.4) is 0 Å². The van der Waals surface area contributed by atoms with Gasteiger partial charge in [0.2, 0.25) is 5.91 Å². The SMILES string of the molecule is CCCCCC(=O)N[C@H](C(=O)Nc1ccc(N=C(N)N)cc1)c1ccc(OCc2ccccc2)cc1.O=C(O)C(F)(F)F. The van der Waals surface area contributed by atoms with Gasteiger partial charge in [0.15, 0.2) is 5.96 Å². The van der Waals surface area contributed by atoms with Crippen LogP contribution in [-0.4, -0.2) is 35.0 Å². The molecule has 0 unspecified atom stereocenters. The van der Waals surface area contributed by atoms with E-state index in [4.69, 9.17) is 26.1 Å². The van der Waals surface area contributed by atoms with Gasteiger partial charge >= 0.3 is 12.1 Å². The molecular weight excluding hydrogens is 567 g/mol. The number of aliphatic imine (C=N–C) groups is 1. The van der Waals surface area contributed by atoms with Gasteiger partial charge in [-0.05, 0) is 53.9 Å². The van der Waals surface area contributed by atoms with Crippen molar-refractivity contribution in [1.29, 1.82) is 0 Å². The first-order valence-corrected chi connectivity index (χ1v) is 13.3. The summed E-state index contributed by atoms with van der Waals surface area (Å²) in [5.74, 6) is -2.66. The molecule has 3 aromatic carbocycles. The van der Waals surface area contributed by atoms with Crippen LogP contribution < -0.4 is 26.8 Å². The number of carboxylic acid groups (broad SMARTS) is 1. The molecule has 0 heterocycles. The van der Waals surface area contributed by atoms with E-state index in [0.717, 1.165) is 24.8 Å². The average Bonchev–Trinajstić information content (AvgIpc) is 2.96. The Morgan fingerprint density at radius 1 is 0.930 bits per heavy atom. The summed E-state index contributed by atoms with van der Waals surface area (Å²) < 4.78 is 37.6. The van der Waals surface area contributed by atoms with Crippen molar-refractivity contribution in [3.8, 4) is 5.75 Å². The van der Waals surface area contributed by atoms with E-state index >= 15 is 0 Å². The summed E-state index contributed by atoms with van der Waals surface area (Å²) in [4.78, 5) is 38.7. The summed E-state index contributed by atoms with van der Waals surface area (Å²) in [6.45, 7) is 2.52. The highest BCUT2D eigenvalue weighted by Gasteiger charge is 2.38. The number of ether oxygens (including phenoxy) is 1. The van der Waals surface area contributed by atoms with Crippen molar-refractivity contribution in [3.05, 3.63) is 90.0 Å². The van der Waals surface area contributed by atoms with Crippen molar-refractivity contribution >= 4 is 35.1 Å². The minimum atomic E-state index is -5.08. The number of aliphatic carboxylic acids is 1. The number of carbonyl (C=O) groups is 3. The third kappa shape index (κ3) is 13.0. The number of amides is 2. The van der Waals surface area contributed by atoms with Crippen LogP contribution in [0.1, 0.15) is 49.8 Å². The molecule has 0 fully saturated rings. The number of nitrogens with zero attached hydrogens (tertiary/aromatic N) is 1. The molecule has 0 radical (unpaired) electrons. The zero-order valence-corrected chi connectivity index (χ0v) is 23.4. The second-order valence-electron chi connectivity index (χ2n) is 9.18. The number of alkyl halides is 3. The van der Waals surface area contributed by atoms with Crippen molar-refractivity contribution in [3.63, 3.8) is 0 Å². The predicted molar refractivity (Wildman–Crippen MR) is 156 cm³/mol. The van der Waals surface area contributed by atoms with Crippen LogP contribution in [0.5, 0.6) is 5.75 Å². The van der Waals surface area contributed by atoms with Gasteiger partial charge in [0.05, 0.1) is 5.69 Å². The molecule has 2 amide bonds. The van der Waals surface area contributed by atoms with Crippen molar-refractivity contribution in [1.82, 2.24) is 5.32 Å². The summed E-state index contributed by atoms with van der Waals surface area (Å²) in [5.41, 5.74) is 13.7. The number of unbranched alkanes of at least 4 members (excludes halogenated alkanes) is 2. The number of hydrogen-bond donors (Lipinski definition) is 5. The fraction of sp³-hybridized carbons (Fsp3) is 0.267. The highest BCUT2D eigenvalue weighted by molar-refractivity contribution is 5.98. The molecule has 3 rings (SSSR count). The molecule has 0 saturated heterocycles. The van der Waals surface area contributed by atoms with Crippen molar-refractivity contribution in [2.75, 3.05) is 5.32 Å². The lowest BCUT2D eigenvalue weighted by Gasteiger charge is -2.19. The number of rotatable bonds is 12. The fourth-order valence-electron chi connectivity index (χ4n) is 3.55. The van der Waals surface area contributed by atoms with Crippen LogP contribution in [-0.2, 0) is 21.0 Å². The number of anilines is 1. The first-order chi connectivity index (χ1) is 20.4. The molecule has 43 heavy (non-hydrogen) atoms. The van der Waals surface area contributed by atoms with Gasteiger partial charge in [-0.25, -0.2) is 9.79 Å². The van der Waals surface area contributed by atoms with Gasteiger partial charge in [0.1, 0.15) is 18.4 Å². The van der Waals surface area contributed by atoms with Gasteiger partial charge in [0.25, 0.3) is 5.91 Å². The van der Waals surface area contributed by atoms with E-state index in [2.05, 4.69) is 22.5 Å². The molecule has 0 bridgehead atoms. The van der Waals surface area contributed by atoms with Crippen LogP contribution in [0.15, 0.2) is 83.9 Å². The maximum Gasteiger partial charge on any atom is 0.490 e. The number of nitrogens with one attached hydrogen (secondary N) is 2. The average molecular weight is 602 g/mol. The Hall–Kier alpha value is -5.07. The molecule has 0 saturated carbocycles. The Kier molecular flexibility index (Phi) is 13.5. The van der Waals surface area contributed by atoms with Gasteiger partial charge in [-0.1, -0.05) is 62.2 Å². The third-order valence-electron chi connectivity index (χ3n) is 5.67. The molecule has 1 atom stereocenters. The van der Waals surface area contributed by atoms with E-state index in [1.807, 2.05) is 30.3 Å². The minimum absolute atomic E-state index is 0.0474. The minimum Gasteiger partial charge on any atom is -0.489 e. The van der Waals surface area contributed by atoms with Crippen LogP contribution in [0, 0.1) is 0 Å². The van der Waals surface area contributed by atoms with E-state index in [-0.39, 0.29) is 17.8 Å². The number of benzene rings is 3. The van der Waals surface area contributed by atoms with Gasteiger partial charge in [-0.2, -0.15) is 13.2 Å². The number of hydrogen-bond acceptors (Lipinski definition) is 5. The second-order valence-corrected chi connectivity index (χ2v) is 9.18. The molecule has 3 aromatic rings. The highest BCUT2D eigenvalue weighted by Crippen LogP contribution is 2.22. The van der Waals surface area contributed by atoms with E-state index in [0.29, 0.717) is 35.7 Å². The molecule has 0 aliphatic heterocycles. The lowest BCUT2D eigenvalue weighted by atomic mass is 10.0. The molecule has 0 aromatic heterocycles. The van der Waals surface area contributed by atoms with Crippen molar-refractivity contribution in [2.24, 2.45) is 16.5 Å². The first kappa shape index (κ1) is 34.1. The monoisotopic (exact) mass is 601 g/mol. The second kappa shape index (κ2) is 17.0. The molecule has 13 heteroatoms. The lowest BCUT2D eigenvalue weighted by Crippen LogP contribution is -2.36. The molecular formula is C30H34F3N5O5. The number of guanidine groups is 1. The normalized spacial score (nSPS) is 11.3. The van der Waals surface area contributed by atoms with Crippen molar-refractivity contribution in [2.45, 2.75) is 51.4 Å². The Morgan fingerprint density at radius 3 is 2.07 bits per heavy atom. The predicted octanol–water partition coefficient (Wildman–Crippen LogP) is 5.18. The zero-order chi connectivity index (χ0) is 31.8. The Balaban J connectivity index is 0.000000821. The van der Waals surface area contributed by atoms with Crippen molar-refractivity contribution < 1.29 is 37.4 Å². The number of carboxylic acids is 1. The maximum absolute atomic E-state index is 13.2. The van der Waals surface area contributed by atoms with Crippen LogP contribution >= 0.6 is 0 Å². The molecule has 10 nitrogen and oxygen atoms in total. The van der Waals surface area contributed by atoms with Gasteiger partial charge < -0.3 is 31.9 Å². The Labute approximate surface area is 246 Å². The van der Waals surface area contributed by atoms with Gasteiger partial charge in [-0.3, -0.25) is 9.59 Å². The number of nitrogens with two attached hydrogens (primary N) is 2. The number of halogens is 3. The molecule has 0 spiro atoms.